The highest BCUT2D eigenvalue weighted by Crippen LogP contribution is 2.74. The van der Waals surface area contributed by atoms with Crippen molar-refractivity contribution < 1.29 is 23.8 Å². The minimum atomic E-state index is -0.475. The molecule has 1 aromatic carbocycles. The molecular formula is C19H19NO5. The molecule has 3 aliphatic rings. The van der Waals surface area contributed by atoms with Crippen LogP contribution in [0.3, 0.4) is 0 Å². The predicted octanol–water partition coefficient (Wildman–Crippen LogP) is 2.50. The zero-order chi connectivity index (χ0) is 17.5. The van der Waals surface area contributed by atoms with E-state index < -0.39 is 10.8 Å². The first kappa shape index (κ1) is 15.9. The summed E-state index contributed by atoms with van der Waals surface area (Å²) in [6.45, 7) is 0.459. The second-order valence-corrected chi connectivity index (χ2v) is 6.89. The van der Waals surface area contributed by atoms with Crippen molar-refractivity contribution in [3.63, 3.8) is 0 Å². The summed E-state index contributed by atoms with van der Waals surface area (Å²) in [7, 11) is 1.38. The smallest absolute Gasteiger partial charge is 0.312 e. The maximum absolute atomic E-state index is 12.2. The first-order valence-electron chi connectivity index (χ1n) is 8.31. The standard InChI is InChI=1S/C19H19NO5/c1-23-16(21)18-10-19(11-18,12-18)17(22)25-9-8-24-15-6-7-20-14-5-3-2-4-13(14)15/h2-7H,8-12H2,1H3. The summed E-state index contributed by atoms with van der Waals surface area (Å²) in [6.07, 6.45) is 3.32. The molecule has 0 spiro atoms. The van der Waals surface area contributed by atoms with Gasteiger partial charge in [-0.1, -0.05) is 12.1 Å². The summed E-state index contributed by atoms with van der Waals surface area (Å²) in [6, 6.07) is 9.51. The van der Waals surface area contributed by atoms with Gasteiger partial charge in [-0.15, -0.1) is 0 Å². The number of para-hydroxylation sites is 1. The van der Waals surface area contributed by atoms with Gasteiger partial charge in [-0.2, -0.15) is 0 Å². The lowest BCUT2D eigenvalue weighted by atomic mass is 9.35. The Balaban J connectivity index is 1.27. The van der Waals surface area contributed by atoms with Gasteiger partial charge >= 0.3 is 11.9 Å². The molecule has 2 aromatic rings. The van der Waals surface area contributed by atoms with E-state index in [2.05, 4.69) is 4.98 Å². The van der Waals surface area contributed by atoms with Gasteiger partial charge in [0.25, 0.3) is 0 Å². The lowest BCUT2D eigenvalue weighted by Gasteiger charge is -2.66. The number of esters is 2. The Morgan fingerprint density at radius 2 is 1.76 bits per heavy atom. The van der Waals surface area contributed by atoms with Gasteiger partial charge in [-0.25, -0.2) is 0 Å². The summed E-state index contributed by atoms with van der Waals surface area (Å²) in [4.78, 5) is 28.1. The second kappa shape index (κ2) is 5.72. The molecule has 6 heteroatoms. The van der Waals surface area contributed by atoms with Crippen LogP contribution < -0.4 is 4.74 Å². The maximum atomic E-state index is 12.2. The highest BCUT2D eigenvalue weighted by Gasteiger charge is 2.76. The van der Waals surface area contributed by atoms with Crippen LogP contribution in [-0.4, -0.2) is 37.2 Å². The number of rotatable bonds is 6. The molecule has 0 saturated heterocycles. The average molecular weight is 341 g/mol. The van der Waals surface area contributed by atoms with Crippen molar-refractivity contribution in [1.29, 1.82) is 0 Å². The van der Waals surface area contributed by atoms with E-state index in [0.29, 0.717) is 19.3 Å². The van der Waals surface area contributed by atoms with E-state index >= 15 is 0 Å². The quantitative estimate of drug-likeness (QED) is 0.594. The topological polar surface area (TPSA) is 74.7 Å². The van der Waals surface area contributed by atoms with Crippen LogP contribution >= 0.6 is 0 Å². The first-order chi connectivity index (χ1) is 12.1. The van der Waals surface area contributed by atoms with Gasteiger partial charge in [0.1, 0.15) is 19.0 Å². The molecule has 5 rings (SSSR count). The van der Waals surface area contributed by atoms with Gasteiger partial charge < -0.3 is 14.2 Å². The number of hydrogen-bond acceptors (Lipinski definition) is 6. The Hall–Kier alpha value is -2.63. The zero-order valence-electron chi connectivity index (χ0n) is 14.0. The van der Waals surface area contributed by atoms with Crippen LogP contribution in [0.1, 0.15) is 19.3 Å². The number of hydrogen-bond donors (Lipinski definition) is 0. The monoisotopic (exact) mass is 341 g/mol. The minimum absolute atomic E-state index is 0.183. The number of ether oxygens (including phenoxy) is 3. The van der Waals surface area contributed by atoms with E-state index in [4.69, 9.17) is 14.2 Å². The van der Waals surface area contributed by atoms with E-state index in [1.165, 1.54) is 7.11 Å². The third kappa shape index (κ3) is 2.44. The van der Waals surface area contributed by atoms with Crippen LogP contribution in [0, 0.1) is 10.8 Å². The van der Waals surface area contributed by atoms with Crippen LogP contribution in [0.4, 0.5) is 0 Å². The molecule has 3 fully saturated rings. The fourth-order valence-electron chi connectivity index (χ4n) is 4.07. The maximum Gasteiger partial charge on any atom is 0.312 e. The highest BCUT2D eigenvalue weighted by atomic mass is 16.6. The van der Waals surface area contributed by atoms with Crippen LogP contribution in [0.25, 0.3) is 10.9 Å². The van der Waals surface area contributed by atoms with Crippen molar-refractivity contribution >= 4 is 22.8 Å². The molecule has 1 heterocycles. The molecular weight excluding hydrogens is 322 g/mol. The van der Waals surface area contributed by atoms with Crippen molar-refractivity contribution in [3.8, 4) is 5.75 Å². The molecule has 130 valence electrons. The first-order valence-corrected chi connectivity index (χ1v) is 8.31. The van der Waals surface area contributed by atoms with E-state index in [-0.39, 0.29) is 25.2 Å². The fourth-order valence-corrected chi connectivity index (χ4v) is 4.07. The normalized spacial score (nSPS) is 26.3. The average Bonchev–Trinajstić information content (AvgIpc) is 2.56. The van der Waals surface area contributed by atoms with E-state index in [1.54, 1.807) is 12.3 Å². The third-order valence-corrected chi connectivity index (χ3v) is 5.26. The molecule has 0 unspecified atom stereocenters. The molecule has 0 radical (unpaired) electrons. The molecule has 0 N–H and O–H groups in total. The molecule has 3 aliphatic carbocycles. The molecule has 6 nitrogen and oxygen atoms in total. The number of benzene rings is 1. The SMILES string of the molecule is COC(=O)C12CC(C(=O)OCCOc3ccnc4ccccc34)(C1)C2. The van der Waals surface area contributed by atoms with Crippen molar-refractivity contribution in [1.82, 2.24) is 4.98 Å². The number of aromatic nitrogens is 1. The Morgan fingerprint density at radius 3 is 2.52 bits per heavy atom. The molecule has 0 aliphatic heterocycles. The number of pyridine rings is 1. The van der Waals surface area contributed by atoms with Crippen LogP contribution in [-0.2, 0) is 19.1 Å². The Labute approximate surface area is 145 Å². The molecule has 2 bridgehead atoms. The van der Waals surface area contributed by atoms with Gasteiger partial charge in [0, 0.05) is 11.6 Å². The van der Waals surface area contributed by atoms with Gasteiger partial charge in [0.2, 0.25) is 0 Å². The molecule has 0 atom stereocenters. The van der Waals surface area contributed by atoms with Gasteiger partial charge in [0.05, 0.1) is 23.5 Å². The second-order valence-electron chi connectivity index (χ2n) is 6.89. The number of carbonyl (C=O) groups excluding carboxylic acids is 2. The summed E-state index contributed by atoms with van der Waals surface area (Å²) in [5, 5.41) is 0.927. The van der Waals surface area contributed by atoms with E-state index in [1.807, 2.05) is 24.3 Å². The highest BCUT2D eigenvalue weighted by molar-refractivity contribution is 5.91. The van der Waals surface area contributed by atoms with Gasteiger partial charge in [-0.05, 0) is 37.5 Å². The van der Waals surface area contributed by atoms with E-state index in [0.717, 1.165) is 16.7 Å². The summed E-state index contributed by atoms with van der Waals surface area (Å²) in [5.41, 5.74) is -0.0448. The number of nitrogens with zero attached hydrogens (tertiary/aromatic N) is 1. The molecule has 0 amide bonds. The Morgan fingerprint density at radius 1 is 1.04 bits per heavy atom. The largest absolute Gasteiger partial charge is 0.489 e. The van der Waals surface area contributed by atoms with Crippen molar-refractivity contribution in [2.24, 2.45) is 10.8 Å². The molecule has 25 heavy (non-hydrogen) atoms. The van der Waals surface area contributed by atoms with Gasteiger partial charge in [0.15, 0.2) is 0 Å². The predicted molar refractivity (Wildman–Crippen MR) is 88.9 cm³/mol. The number of fused-ring (bicyclic) bond motifs is 1. The summed E-state index contributed by atoms with van der Waals surface area (Å²) < 4.78 is 15.9. The van der Waals surface area contributed by atoms with Crippen molar-refractivity contribution in [2.75, 3.05) is 20.3 Å². The summed E-state index contributed by atoms with van der Waals surface area (Å²) in [5.74, 6) is 0.272. The van der Waals surface area contributed by atoms with Crippen LogP contribution in [0.15, 0.2) is 36.5 Å². The number of methoxy groups -OCH3 is 1. The van der Waals surface area contributed by atoms with E-state index in [9.17, 15) is 9.59 Å². The zero-order valence-corrected chi connectivity index (χ0v) is 14.0. The minimum Gasteiger partial charge on any atom is -0.489 e. The Kier molecular flexibility index (Phi) is 3.63. The third-order valence-electron chi connectivity index (χ3n) is 5.26. The lowest BCUT2D eigenvalue weighted by molar-refractivity contribution is -0.235. The lowest BCUT2D eigenvalue weighted by Crippen LogP contribution is -2.69. The van der Waals surface area contributed by atoms with Crippen molar-refractivity contribution in [2.45, 2.75) is 19.3 Å². The van der Waals surface area contributed by atoms with Crippen LogP contribution in [0.5, 0.6) is 5.75 Å². The molecule has 1 aromatic heterocycles. The molecule has 3 saturated carbocycles. The Bertz CT molecular complexity index is 822. The van der Waals surface area contributed by atoms with Crippen LogP contribution in [0.2, 0.25) is 0 Å². The van der Waals surface area contributed by atoms with Gasteiger partial charge in [-0.3, -0.25) is 14.6 Å². The fraction of sp³-hybridized carbons (Fsp3) is 0.421. The summed E-state index contributed by atoms with van der Waals surface area (Å²) >= 11 is 0. The number of carbonyl (C=O) groups is 2. The van der Waals surface area contributed by atoms with Crippen molar-refractivity contribution in [3.05, 3.63) is 36.5 Å².